The second-order valence-electron chi connectivity index (χ2n) is 4.58. The summed E-state index contributed by atoms with van der Waals surface area (Å²) in [5, 5.41) is 0. The standard InChI is InChI=1S/C16H27N.2C2H6/c1-7-10-12-16(11-8-2)15(6)13-17(9-3)14(4)5;2*1-2/h7-8,10-12,14-15H,1-2,9,13H2,3-6H3;2*1-2H3/b12-10-,16-11+;;. The lowest BCUT2D eigenvalue weighted by Crippen LogP contribution is -2.34. The third-order valence-electron chi connectivity index (χ3n) is 2.95. The first kappa shape index (κ1) is 24.9. The highest BCUT2D eigenvalue weighted by atomic mass is 15.1. The largest absolute Gasteiger partial charge is 0.301 e. The lowest BCUT2D eigenvalue weighted by Gasteiger charge is -2.28. The molecule has 1 atom stereocenters. The molecule has 1 nitrogen and oxygen atoms in total. The molecule has 0 rings (SSSR count). The summed E-state index contributed by atoms with van der Waals surface area (Å²) in [6.45, 7) is 26.6. The van der Waals surface area contributed by atoms with Crippen molar-refractivity contribution in [3.05, 3.63) is 49.1 Å². The van der Waals surface area contributed by atoms with E-state index in [9.17, 15) is 0 Å². The molecule has 0 aromatic rings. The fourth-order valence-electron chi connectivity index (χ4n) is 1.86. The Balaban J connectivity index is -0.000000739. The molecule has 0 aromatic heterocycles. The highest BCUT2D eigenvalue weighted by Gasteiger charge is 2.13. The summed E-state index contributed by atoms with van der Waals surface area (Å²) in [5.41, 5.74) is 1.30. The van der Waals surface area contributed by atoms with Crippen LogP contribution in [0.1, 0.15) is 55.4 Å². The van der Waals surface area contributed by atoms with Crippen LogP contribution in [0.5, 0.6) is 0 Å². The molecule has 0 aromatic carbocycles. The van der Waals surface area contributed by atoms with E-state index >= 15 is 0 Å². The number of allylic oxidation sites excluding steroid dienone is 5. The zero-order valence-corrected chi connectivity index (χ0v) is 15.8. The molecule has 0 radical (unpaired) electrons. The van der Waals surface area contributed by atoms with Gasteiger partial charge in [-0.1, -0.05) is 85.1 Å². The number of hydrogen-bond acceptors (Lipinski definition) is 1. The second kappa shape index (κ2) is 18.9. The van der Waals surface area contributed by atoms with Crippen LogP contribution >= 0.6 is 0 Å². The Morgan fingerprint density at radius 2 is 1.52 bits per heavy atom. The smallest absolute Gasteiger partial charge is 0.00502 e. The predicted octanol–water partition coefficient (Wildman–Crippen LogP) is 6.26. The predicted molar refractivity (Wildman–Crippen MR) is 102 cm³/mol. The zero-order valence-electron chi connectivity index (χ0n) is 15.8. The molecule has 0 saturated heterocycles. The van der Waals surface area contributed by atoms with Gasteiger partial charge in [-0.3, -0.25) is 0 Å². The summed E-state index contributed by atoms with van der Waals surface area (Å²) in [6, 6.07) is 0.593. The van der Waals surface area contributed by atoms with Gasteiger partial charge in [0, 0.05) is 12.6 Å². The number of nitrogens with zero attached hydrogens (tertiary/aromatic N) is 1. The molecule has 0 aliphatic rings. The van der Waals surface area contributed by atoms with E-state index in [1.807, 2.05) is 45.9 Å². The van der Waals surface area contributed by atoms with Gasteiger partial charge in [0.25, 0.3) is 0 Å². The normalized spacial score (nSPS) is 12.4. The van der Waals surface area contributed by atoms with E-state index in [0.717, 1.165) is 13.1 Å². The summed E-state index contributed by atoms with van der Waals surface area (Å²) >= 11 is 0. The van der Waals surface area contributed by atoms with Crippen molar-refractivity contribution in [2.45, 2.75) is 61.4 Å². The molecule has 0 saturated carbocycles. The molecule has 1 heteroatoms. The lowest BCUT2D eigenvalue weighted by atomic mass is 9.98. The zero-order chi connectivity index (χ0) is 17.3. The van der Waals surface area contributed by atoms with Gasteiger partial charge in [-0.05, 0) is 31.9 Å². The SMILES string of the molecule is C=C/C=C\C(=C/C=C)C(C)CN(CC)C(C)C.CC.CC. The molecule has 0 bridgehead atoms. The van der Waals surface area contributed by atoms with E-state index < -0.39 is 0 Å². The second-order valence-corrected chi connectivity index (χ2v) is 4.58. The Kier molecular flexibility index (Phi) is 22.4. The number of rotatable bonds is 8. The van der Waals surface area contributed by atoms with Gasteiger partial charge < -0.3 is 4.90 Å². The van der Waals surface area contributed by atoms with Crippen LogP contribution in [0.4, 0.5) is 0 Å². The van der Waals surface area contributed by atoms with Gasteiger partial charge in [-0.15, -0.1) is 0 Å². The van der Waals surface area contributed by atoms with Crippen molar-refractivity contribution in [2.24, 2.45) is 5.92 Å². The molecule has 21 heavy (non-hydrogen) atoms. The van der Waals surface area contributed by atoms with Crippen molar-refractivity contribution in [1.82, 2.24) is 4.90 Å². The molecular formula is C20H39N. The van der Waals surface area contributed by atoms with Crippen LogP contribution in [0, 0.1) is 5.92 Å². The van der Waals surface area contributed by atoms with E-state index in [0.29, 0.717) is 12.0 Å². The monoisotopic (exact) mass is 293 g/mol. The quantitative estimate of drug-likeness (QED) is 0.477. The molecule has 0 aliphatic carbocycles. The maximum absolute atomic E-state index is 3.78. The van der Waals surface area contributed by atoms with Gasteiger partial charge in [-0.2, -0.15) is 0 Å². The minimum atomic E-state index is 0.506. The molecule has 0 aliphatic heterocycles. The van der Waals surface area contributed by atoms with Crippen LogP contribution in [0.15, 0.2) is 49.1 Å². The Bertz CT molecular complexity index is 284. The third-order valence-corrected chi connectivity index (χ3v) is 2.95. The molecule has 0 spiro atoms. The van der Waals surface area contributed by atoms with E-state index in [2.05, 4.69) is 57.9 Å². The van der Waals surface area contributed by atoms with Crippen LogP contribution in [0.25, 0.3) is 0 Å². The van der Waals surface area contributed by atoms with Gasteiger partial charge >= 0.3 is 0 Å². The molecule has 0 fully saturated rings. The number of hydrogen-bond donors (Lipinski definition) is 0. The van der Waals surface area contributed by atoms with Crippen LogP contribution in [-0.4, -0.2) is 24.0 Å². The molecule has 0 heterocycles. The van der Waals surface area contributed by atoms with Crippen LogP contribution in [0.3, 0.4) is 0 Å². The Morgan fingerprint density at radius 3 is 1.86 bits per heavy atom. The van der Waals surface area contributed by atoms with Crippen molar-refractivity contribution in [2.75, 3.05) is 13.1 Å². The summed E-state index contributed by atoms with van der Waals surface area (Å²) in [6.07, 6.45) is 9.85. The fraction of sp³-hybridized carbons (Fsp3) is 0.600. The molecule has 1 unspecified atom stereocenters. The van der Waals surface area contributed by atoms with Crippen LogP contribution in [-0.2, 0) is 0 Å². The average molecular weight is 294 g/mol. The maximum atomic E-state index is 3.78. The molecule has 0 N–H and O–H groups in total. The van der Waals surface area contributed by atoms with Crippen molar-refractivity contribution in [3.8, 4) is 0 Å². The first-order valence-electron chi connectivity index (χ1n) is 8.42. The maximum Gasteiger partial charge on any atom is 0.00502 e. The van der Waals surface area contributed by atoms with Gasteiger partial charge in [0.05, 0.1) is 0 Å². The summed E-state index contributed by atoms with van der Waals surface area (Å²) in [7, 11) is 0. The summed E-state index contributed by atoms with van der Waals surface area (Å²) in [5.74, 6) is 0.506. The topological polar surface area (TPSA) is 3.24 Å². The van der Waals surface area contributed by atoms with Crippen molar-refractivity contribution in [1.29, 1.82) is 0 Å². The highest BCUT2D eigenvalue weighted by Crippen LogP contribution is 2.15. The Morgan fingerprint density at radius 1 is 1.00 bits per heavy atom. The minimum absolute atomic E-state index is 0.506. The molecular weight excluding hydrogens is 254 g/mol. The average Bonchev–Trinajstić information content (AvgIpc) is 2.52. The van der Waals surface area contributed by atoms with Crippen LogP contribution in [0.2, 0.25) is 0 Å². The van der Waals surface area contributed by atoms with E-state index in [-0.39, 0.29) is 0 Å². The lowest BCUT2D eigenvalue weighted by molar-refractivity contribution is 0.214. The summed E-state index contributed by atoms with van der Waals surface area (Å²) in [4.78, 5) is 2.48. The van der Waals surface area contributed by atoms with Gasteiger partial charge in [-0.25, -0.2) is 0 Å². The van der Waals surface area contributed by atoms with Crippen molar-refractivity contribution >= 4 is 0 Å². The first-order chi connectivity index (χ1) is 10.1. The Hall–Kier alpha value is -1.08. The van der Waals surface area contributed by atoms with Crippen molar-refractivity contribution in [3.63, 3.8) is 0 Å². The minimum Gasteiger partial charge on any atom is -0.301 e. The van der Waals surface area contributed by atoms with E-state index in [1.54, 1.807) is 0 Å². The third kappa shape index (κ3) is 13.7. The first-order valence-corrected chi connectivity index (χ1v) is 8.42. The summed E-state index contributed by atoms with van der Waals surface area (Å²) < 4.78 is 0. The molecule has 124 valence electrons. The van der Waals surface area contributed by atoms with E-state index in [4.69, 9.17) is 0 Å². The van der Waals surface area contributed by atoms with Crippen molar-refractivity contribution < 1.29 is 0 Å². The van der Waals surface area contributed by atoms with Gasteiger partial charge in [0.15, 0.2) is 0 Å². The van der Waals surface area contributed by atoms with E-state index in [1.165, 1.54) is 5.57 Å². The van der Waals surface area contributed by atoms with Gasteiger partial charge in [0.1, 0.15) is 0 Å². The van der Waals surface area contributed by atoms with Gasteiger partial charge in [0.2, 0.25) is 0 Å². The fourth-order valence-corrected chi connectivity index (χ4v) is 1.86. The highest BCUT2D eigenvalue weighted by molar-refractivity contribution is 5.27. The van der Waals surface area contributed by atoms with Crippen LogP contribution < -0.4 is 0 Å². The molecule has 0 amide bonds. The Labute approximate surface area is 135 Å².